The molecule has 0 bridgehead atoms. The molecule has 186 valence electrons. The fourth-order valence-corrected chi connectivity index (χ4v) is 4.65. The molecular weight excluding hydrogens is 490 g/mol. The van der Waals surface area contributed by atoms with E-state index in [9.17, 15) is 18.4 Å². The Balaban J connectivity index is 0.00000432. The number of carbonyl (C=O) groups excluding carboxylic acids is 1. The summed E-state index contributed by atoms with van der Waals surface area (Å²) in [6.07, 6.45) is 6.20. The molecule has 0 N–H and O–H groups in total. The van der Waals surface area contributed by atoms with Gasteiger partial charge in [0.25, 0.3) is 15.9 Å². The average molecular weight is 518 g/mol. The van der Waals surface area contributed by atoms with Gasteiger partial charge in [0.1, 0.15) is 5.75 Å². The van der Waals surface area contributed by atoms with Crippen LogP contribution in [0.25, 0.3) is 12.2 Å². The Morgan fingerprint density at radius 3 is 2.17 bits per heavy atom. The van der Waals surface area contributed by atoms with Gasteiger partial charge in [-0.3, -0.25) is 9.69 Å². The highest BCUT2D eigenvalue weighted by Gasteiger charge is 2.35. The van der Waals surface area contributed by atoms with Crippen LogP contribution in [0, 0.1) is 5.21 Å². The lowest BCUT2D eigenvalue weighted by Crippen LogP contribution is -2.47. The Labute approximate surface area is 212 Å². The first-order chi connectivity index (χ1) is 16.1. The van der Waals surface area contributed by atoms with Crippen molar-refractivity contribution in [1.82, 2.24) is 4.90 Å². The lowest BCUT2D eigenvalue weighted by atomic mass is 10.1. The van der Waals surface area contributed by atoms with Crippen molar-refractivity contribution in [2.75, 3.05) is 25.5 Å². The summed E-state index contributed by atoms with van der Waals surface area (Å²) in [6.45, 7) is 1.65. The molecule has 35 heavy (non-hydrogen) atoms. The van der Waals surface area contributed by atoms with Gasteiger partial charge in [0.2, 0.25) is 0 Å². The summed E-state index contributed by atoms with van der Waals surface area (Å²) in [5, 5.41) is 11.3. The van der Waals surface area contributed by atoms with Crippen LogP contribution in [0.2, 0.25) is 0 Å². The number of benzene rings is 2. The van der Waals surface area contributed by atoms with Crippen LogP contribution in [0.4, 0.5) is 5.69 Å². The van der Waals surface area contributed by atoms with Gasteiger partial charge >= 0.3 is 0 Å². The molecule has 1 unspecified atom stereocenters. The van der Waals surface area contributed by atoms with Crippen molar-refractivity contribution in [2.45, 2.75) is 17.9 Å². The highest BCUT2D eigenvalue weighted by molar-refractivity contribution is 7.93. The number of aromatic nitrogens is 1. The van der Waals surface area contributed by atoms with Gasteiger partial charge in [0.15, 0.2) is 12.4 Å². The monoisotopic (exact) mass is 517 g/mol. The second-order valence-corrected chi connectivity index (χ2v) is 9.59. The third-order valence-electron chi connectivity index (χ3n) is 5.37. The minimum absolute atomic E-state index is 0. The largest absolute Gasteiger partial charge is 0.619 e. The van der Waals surface area contributed by atoms with Crippen molar-refractivity contribution in [3.05, 3.63) is 89.4 Å². The van der Waals surface area contributed by atoms with Gasteiger partial charge in [-0.15, -0.1) is 12.4 Å². The summed E-state index contributed by atoms with van der Waals surface area (Å²) in [5.41, 5.74) is 1.50. The SMILES string of the molecule is COc1ccc(S(=O)(=O)N(C(=O)C(C)N(C)C)c2ccccc2/C=C/c2cc[n+]([O-])cc2)cc1.Cl. The number of hydrogen-bond acceptors (Lipinski definition) is 6. The maximum Gasteiger partial charge on any atom is 0.270 e. The standard InChI is InChI=1S/C25H27N3O5S.ClH/c1-19(26(2)3)25(29)28(34(31,32)23-13-11-22(33-4)12-14-23)24-8-6-5-7-21(24)10-9-20-15-17-27(30)18-16-20;/h5-19H,1-4H3;1H/b10-9+;. The lowest BCUT2D eigenvalue weighted by Gasteiger charge is -2.29. The summed E-state index contributed by atoms with van der Waals surface area (Å²) in [7, 11) is 0.670. The van der Waals surface area contributed by atoms with Gasteiger partial charge in [-0.05, 0) is 62.5 Å². The number of likely N-dealkylation sites (N-methyl/N-ethyl adjacent to an activating group) is 1. The Hall–Kier alpha value is -3.40. The van der Waals surface area contributed by atoms with Crippen molar-refractivity contribution in [1.29, 1.82) is 0 Å². The number of hydrogen-bond donors (Lipinski definition) is 0. The molecule has 1 amide bonds. The number of methoxy groups -OCH3 is 1. The van der Waals surface area contributed by atoms with Crippen LogP contribution in [0.15, 0.2) is 78.0 Å². The fourth-order valence-electron chi connectivity index (χ4n) is 3.15. The zero-order valence-corrected chi connectivity index (χ0v) is 21.5. The second kappa shape index (κ2) is 11.8. The van der Waals surface area contributed by atoms with E-state index in [0.717, 1.165) is 9.87 Å². The molecule has 0 spiro atoms. The molecule has 0 aliphatic heterocycles. The maximum atomic E-state index is 13.7. The minimum Gasteiger partial charge on any atom is -0.619 e. The van der Waals surface area contributed by atoms with Crippen molar-refractivity contribution >= 4 is 46.2 Å². The number of para-hydroxylation sites is 1. The molecule has 1 atom stereocenters. The highest BCUT2D eigenvalue weighted by Crippen LogP contribution is 2.30. The molecular formula is C25H28ClN3O5S. The predicted octanol–water partition coefficient (Wildman–Crippen LogP) is 3.59. The van der Waals surface area contributed by atoms with E-state index in [4.69, 9.17) is 4.74 Å². The van der Waals surface area contributed by atoms with Crippen LogP contribution < -0.4 is 13.8 Å². The summed E-state index contributed by atoms with van der Waals surface area (Å²) >= 11 is 0. The summed E-state index contributed by atoms with van der Waals surface area (Å²) < 4.78 is 34.2. The van der Waals surface area contributed by atoms with Gasteiger partial charge in [-0.1, -0.05) is 30.4 Å². The Morgan fingerprint density at radius 2 is 1.60 bits per heavy atom. The van der Waals surface area contributed by atoms with Crippen LogP contribution in [0.3, 0.4) is 0 Å². The van der Waals surface area contributed by atoms with E-state index in [2.05, 4.69) is 0 Å². The van der Waals surface area contributed by atoms with Crippen molar-refractivity contribution in [3.63, 3.8) is 0 Å². The molecule has 1 aromatic heterocycles. The highest BCUT2D eigenvalue weighted by atomic mass is 35.5. The minimum atomic E-state index is -4.24. The maximum absolute atomic E-state index is 13.7. The van der Waals surface area contributed by atoms with Crippen molar-refractivity contribution in [2.24, 2.45) is 0 Å². The van der Waals surface area contributed by atoms with E-state index in [1.165, 1.54) is 43.8 Å². The predicted molar refractivity (Wildman–Crippen MR) is 139 cm³/mol. The third kappa shape index (κ3) is 6.39. The van der Waals surface area contributed by atoms with Crippen LogP contribution >= 0.6 is 12.4 Å². The van der Waals surface area contributed by atoms with Crippen LogP contribution in [0.5, 0.6) is 5.75 Å². The van der Waals surface area contributed by atoms with E-state index < -0.39 is 22.0 Å². The average Bonchev–Trinajstić information content (AvgIpc) is 2.83. The molecule has 10 heteroatoms. The van der Waals surface area contributed by atoms with Crippen LogP contribution in [-0.2, 0) is 14.8 Å². The van der Waals surface area contributed by atoms with Crippen molar-refractivity contribution in [3.8, 4) is 5.75 Å². The molecule has 1 heterocycles. The zero-order chi connectivity index (χ0) is 24.9. The van der Waals surface area contributed by atoms with Crippen molar-refractivity contribution < 1.29 is 22.7 Å². The topological polar surface area (TPSA) is 93.9 Å². The fraction of sp³-hybridized carbons (Fsp3) is 0.200. The summed E-state index contributed by atoms with van der Waals surface area (Å²) in [5.74, 6) is -0.0853. The number of pyridine rings is 1. The molecule has 2 aromatic carbocycles. The summed E-state index contributed by atoms with van der Waals surface area (Å²) in [6, 6.07) is 15.2. The normalized spacial score (nSPS) is 12.3. The number of ether oxygens (including phenoxy) is 1. The number of carbonyl (C=O) groups is 1. The van der Waals surface area contributed by atoms with E-state index in [-0.39, 0.29) is 23.0 Å². The molecule has 3 rings (SSSR count). The molecule has 8 nitrogen and oxygen atoms in total. The van der Waals surface area contributed by atoms with Crippen LogP contribution in [-0.4, -0.2) is 46.5 Å². The number of rotatable bonds is 8. The first-order valence-electron chi connectivity index (χ1n) is 10.5. The Bertz CT molecular complexity index is 1280. The molecule has 0 saturated heterocycles. The lowest BCUT2D eigenvalue weighted by molar-refractivity contribution is -0.605. The number of anilines is 1. The first kappa shape index (κ1) is 27.8. The number of halogens is 1. The molecule has 0 fully saturated rings. The molecule has 0 saturated carbocycles. The molecule has 0 radical (unpaired) electrons. The smallest absolute Gasteiger partial charge is 0.270 e. The Kier molecular flexibility index (Phi) is 9.41. The van der Waals surface area contributed by atoms with E-state index in [0.29, 0.717) is 16.0 Å². The molecule has 0 aliphatic rings. The van der Waals surface area contributed by atoms with Crippen LogP contribution in [0.1, 0.15) is 18.1 Å². The van der Waals surface area contributed by atoms with E-state index in [1.807, 2.05) is 0 Å². The number of amides is 1. The van der Waals surface area contributed by atoms with Gasteiger partial charge < -0.3 is 9.94 Å². The second-order valence-electron chi connectivity index (χ2n) is 7.81. The zero-order valence-electron chi connectivity index (χ0n) is 19.9. The quantitative estimate of drug-likeness (QED) is 0.335. The molecule has 0 aliphatic carbocycles. The van der Waals surface area contributed by atoms with Gasteiger partial charge in [0, 0.05) is 12.1 Å². The molecule has 3 aromatic rings. The Morgan fingerprint density at radius 1 is 1.00 bits per heavy atom. The van der Waals surface area contributed by atoms with E-state index >= 15 is 0 Å². The van der Waals surface area contributed by atoms with E-state index in [1.54, 1.807) is 74.5 Å². The van der Waals surface area contributed by atoms with Gasteiger partial charge in [0.05, 0.1) is 23.7 Å². The van der Waals surface area contributed by atoms with Gasteiger partial charge in [-0.2, -0.15) is 4.73 Å². The third-order valence-corrected chi connectivity index (χ3v) is 7.09. The number of nitrogens with zero attached hydrogens (tertiary/aromatic N) is 3. The summed E-state index contributed by atoms with van der Waals surface area (Å²) in [4.78, 5) is 15.1. The number of sulfonamides is 1. The first-order valence-corrected chi connectivity index (χ1v) is 11.9. The van der Waals surface area contributed by atoms with Gasteiger partial charge in [-0.25, -0.2) is 12.7 Å².